The van der Waals surface area contributed by atoms with Gasteiger partial charge in [-0.05, 0) is 39.3 Å². The van der Waals surface area contributed by atoms with Crippen molar-refractivity contribution in [2.24, 2.45) is 0 Å². The Labute approximate surface area is 101 Å². The van der Waals surface area contributed by atoms with Crippen LogP contribution in [0.5, 0.6) is 0 Å². The highest BCUT2D eigenvalue weighted by Gasteiger charge is 2.20. The summed E-state index contributed by atoms with van der Waals surface area (Å²) in [5.41, 5.74) is 0. The molecule has 16 heavy (non-hydrogen) atoms. The summed E-state index contributed by atoms with van der Waals surface area (Å²) in [7, 11) is 2.29. The van der Waals surface area contributed by atoms with Crippen LogP contribution in [0.1, 0.15) is 57.8 Å². The Hall–Kier alpha value is -0.0800. The monoisotopic (exact) mass is 224 g/mol. The molecule has 0 aromatic rings. The van der Waals surface area contributed by atoms with Gasteiger partial charge in [0, 0.05) is 18.6 Å². The van der Waals surface area contributed by atoms with Crippen molar-refractivity contribution in [3.63, 3.8) is 0 Å². The molecule has 0 aromatic carbocycles. The van der Waals surface area contributed by atoms with Gasteiger partial charge >= 0.3 is 0 Å². The lowest BCUT2D eigenvalue weighted by molar-refractivity contribution is 0.176. The molecular formula is C14H28N2. The summed E-state index contributed by atoms with van der Waals surface area (Å²) in [6.07, 6.45) is 12.9. The Bertz CT molecular complexity index is 185. The van der Waals surface area contributed by atoms with Crippen LogP contribution in [-0.2, 0) is 0 Å². The first-order chi connectivity index (χ1) is 7.86. The number of nitrogens with one attached hydrogen (secondary N) is 1. The molecule has 1 saturated heterocycles. The van der Waals surface area contributed by atoms with E-state index >= 15 is 0 Å². The predicted molar refractivity (Wildman–Crippen MR) is 69.8 cm³/mol. The zero-order chi connectivity index (χ0) is 11.2. The summed E-state index contributed by atoms with van der Waals surface area (Å²) >= 11 is 0. The first kappa shape index (κ1) is 12.4. The van der Waals surface area contributed by atoms with Gasteiger partial charge in [0.1, 0.15) is 0 Å². The van der Waals surface area contributed by atoms with Crippen LogP contribution in [0.15, 0.2) is 0 Å². The molecule has 1 aliphatic heterocycles. The predicted octanol–water partition coefficient (Wildman–Crippen LogP) is 2.78. The van der Waals surface area contributed by atoms with Gasteiger partial charge in [-0.3, -0.25) is 0 Å². The topological polar surface area (TPSA) is 15.3 Å². The van der Waals surface area contributed by atoms with Crippen molar-refractivity contribution in [1.29, 1.82) is 0 Å². The molecule has 1 unspecified atom stereocenters. The van der Waals surface area contributed by atoms with Gasteiger partial charge in [-0.15, -0.1) is 0 Å². The molecule has 1 N–H and O–H groups in total. The lowest BCUT2D eigenvalue weighted by Crippen LogP contribution is -2.45. The molecule has 1 heterocycles. The lowest BCUT2D eigenvalue weighted by atomic mass is 10.0. The first-order valence-corrected chi connectivity index (χ1v) is 7.30. The standard InChI is InChI=1S/C14H28N2/c1-16-11-7-6-10-14(16)12-15-13-8-4-2-3-5-9-13/h13-15H,2-12H2,1H3. The minimum atomic E-state index is 0.803. The van der Waals surface area contributed by atoms with Crippen molar-refractivity contribution in [1.82, 2.24) is 10.2 Å². The third kappa shape index (κ3) is 3.74. The molecular weight excluding hydrogens is 196 g/mol. The van der Waals surface area contributed by atoms with E-state index in [-0.39, 0.29) is 0 Å². The van der Waals surface area contributed by atoms with Gasteiger partial charge in [-0.25, -0.2) is 0 Å². The normalized spacial score (nSPS) is 30.2. The molecule has 1 aliphatic carbocycles. The van der Waals surface area contributed by atoms with Crippen molar-refractivity contribution in [3.05, 3.63) is 0 Å². The zero-order valence-corrected chi connectivity index (χ0v) is 10.9. The molecule has 0 aromatic heterocycles. The number of piperidine rings is 1. The van der Waals surface area contributed by atoms with Crippen LogP contribution in [0.2, 0.25) is 0 Å². The van der Waals surface area contributed by atoms with E-state index in [0.29, 0.717) is 0 Å². The molecule has 2 rings (SSSR count). The van der Waals surface area contributed by atoms with E-state index in [0.717, 1.165) is 12.1 Å². The molecule has 2 nitrogen and oxygen atoms in total. The van der Waals surface area contributed by atoms with Crippen molar-refractivity contribution < 1.29 is 0 Å². The van der Waals surface area contributed by atoms with E-state index in [4.69, 9.17) is 0 Å². The van der Waals surface area contributed by atoms with Gasteiger partial charge in [0.15, 0.2) is 0 Å². The average Bonchev–Trinajstić information content (AvgIpc) is 2.56. The van der Waals surface area contributed by atoms with E-state index < -0.39 is 0 Å². The summed E-state index contributed by atoms with van der Waals surface area (Å²) in [6, 6.07) is 1.62. The van der Waals surface area contributed by atoms with Crippen LogP contribution in [0.25, 0.3) is 0 Å². The molecule has 0 radical (unpaired) electrons. The Morgan fingerprint density at radius 2 is 1.62 bits per heavy atom. The summed E-state index contributed by atoms with van der Waals surface area (Å²) in [5, 5.41) is 3.82. The fourth-order valence-corrected chi connectivity index (χ4v) is 3.19. The molecule has 94 valence electrons. The maximum atomic E-state index is 3.82. The second-order valence-electron chi connectivity index (χ2n) is 5.73. The molecule has 0 amide bonds. The Balaban J connectivity index is 1.68. The second-order valence-corrected chi connectivity index (χ2v) is 5.73. The van der Waals surface area contributed by atoms with Crippen LogP contribution < -0.4 is 5.32 Å². The second kappa shape index (κ2) is 6.61. The highest BCUT2D eigenvalue weighted by Crippen LogP contribution is 2.18. The third-order valence-electron chi connectivity index (χ3n) is 4.42. The van der Waals surface area contributed by atoms with E-state index in [2.05, 4.69) is 17.3 Å². The Morgan fingerprint density at radius 3 is 2.31 bits per heavy atom. The highest BCUT2D eigenvalue weighted by molar-refractivity contribution is 4.79. The molecule has 1 atom stereocenters. The number of rotatable bonds is 3. The average molecular weight is 224 g/mol. The highest BCUT2D eigenvalue weighted by atomic mass is 15.2. The van der Waals surface area contributed by atoms with Crippen LogP contribution in [-0.4, -0.2) is 37.1 Å². The Kier molecular flexibility index (Phi) is 5.11. The summed E-state index contributed by atoms with van der Waals surface area (Å²) in [4.78, 5) is 2.55. The van der Waals surface area contributed by atoms with Crippen LogP contribution in [0.3, 0.4) is 0 Å². The van der Waals surface area contributed by atoms with Crippen molar-refractivity contribution in [3.8, 4) is 0 Å². The molecule has 2 fully saturated rings. The van der Waals surface area contributed by atoms with Crippen molar-refractivity contribution in [2.45, 2.75) is 69.9 Å². The van der Waals surface area contributed by atoms with Crippen LogP contribution in [0.4, 0.5) is 0 Å². The number of nitrogens with zero attached hydrogens (tertiary/aromatic N) is 1. The van der Waals surface area contributed by atoms with Gasteiger partial charge in [0.05, 0.1) is 0 Å². The minimum Gasteiger partial charge on any atom is -0.312 e. The summed E-state index contributed by atoms with van der Waals surface area (Å²) in [6.45, 7) is 2.53. The summed E-state index contributed by atoms with van der Waals surface area (Å²) < 4.78 is 0. The molecule has 1 saturated carbocycles. The van der Waals surface area contributed by atoms with Crippen LogP contribution in [0, 0.1) is 0 Å². The fraction of sp³-hybridized carbons (Fsp3) is 1.00. The maximum Gasteiger partial charge on any atom is 0.0217 e. The number of likely N-dealkylation sites (N-methyl/N-ethyl adjacent to an activating group) is 1. The van der Waals surface area contributed by atoms with Gasteiger partial charge < -0.3 is 10.2 Å². The SMILES string of the molecule is CN1CCCCC1CNC1CCCCCC1. The van der Waals surface area contributed by atoms with E-state index in [1.807, 2.05) is 0 Å². The van der Waals surface area contributed by atoms with Gasteiger partial charge in [-0.2, -0.15) is 0 Å². The number of hydrogen-bond acceptors (Lipinski definition) is 2. The quantitative estimate of drug-likeness (QED) is 0.742. The molecule has 0 bridgehead atoms. The van der Waals surface area contributed by atoms with Gasteiger partial charge in [0.2, 0.25) is 0 Å². The fourth-order valence-electron chi connectivity index (χ4n) is 3.19. The smallest absolute Gasteiger partial charge is 0.0217 e. The Morgan fingerprint density at radius 1 is 0.938 bits per heavy atom. The summed E-state index contributed by atoms with van der Waals surface area (Å²) in [5.74, 6) is 0. The van der Waals surface area contributed by atoms with E-state index in [9.17, 15) is 0 Å². The number of likely N-dealkylation sites (tertiary alicyclic amines) is 1. The third-order valence-corrected chi connectivity index (χ3v) is 4.42. The minimum absolute atomic E-state index is 0.803. The van der Waals surface area contributed by atoms with Crippen LogP contribution >= 0.6 is 0 Å². The first-order valence-electron chi connectivity index (χ1n) is 7.30. The lowest BCUT2D eigenvalue weighted by Gasteiger charge is -2.33. The molecule has 2 heteroatoms. The molecule has 2 aliphatic rings. The van der Waals surface area contributed by atoms with E-state index in [1.54, 1.807) is 0 Å². The van der Waals surface area contributed by atoms with Gasteiger partial charge in [0.25, 0.3) is 0 Å². The number of hydrogen-bond donors (Lipinski definition) is 1. The largest absolute Gasteiger partial charge is 0.312 e. The maximum absolute atomic E-state index is 3.82. The van der Waals surface area contributed by atoms with Gasteiger partial charge in [-0.1, -0.05) is 32.1 Å². The molecule has 0 spiro atoms. The van der Waals surface area contributed by atoms with E-state index in [1.165, 1.54) is 70.9 Å². The van der Waals surface area contributed by atoms with Crippen molar-refractivity contribution in [2.75, 3.05) is 20.1 Å². The van der Waals surface area contributed by atoms with Crippen molar-refractivity contribution >= 4 is 0 Å². The zero-order valence-electron chi connectivity index (χ0n) is 10.9.